The average molecular weight is 315 g/mol. The van der Waals surface area contributed by atoms with Crippen LogP contribution in [0.15, 0.2) is 24.3 Å². The topological polar surface area (TPSA) is 73.6 Å². The van der Waals surface area contributed by atoms with E-state index in [4.69, 9.17) is 15.2 Å². The number of rotatable bonds is 6. The minimum Gasteiger partial charge on any atom is -0.490 e. The van der Waals surface area contributed by atoms with Gasteiger partial charge in [-0.25, -0.2) is 0 Å². The third-order valence-corrected chi connectivity index (χ3v) is 3.39. The van der Waals surface area contributed by atoms with Crippen LogP contribution in [-0.4, -0.2) is 31.8 Å². The molecule has 0 aliphatic heterocycles. The molecule has 1 saturated carbocycles. The first kappa shape index (κ1) is 17.8. The molecule has 21 heavy (non-hydrogen) atoms. The van der Waals surface area contributed by atoms with Crippen LogP contribution in [0.4, 0.5) is 5.69 Å². The van der Waals surface area contributed by atoms with Crippen molar-refractivity contribution in [2.75, 3.05) is 19.0 Å². The smallest absolute Gasteiger partial charge is 0.243 e. The maximum absolute atomic E-state index is 11.8. The Hall–Kier alpha value is -1.30. The lowest BCUT2D eigenvalue weighted by molar-refractivity contribution is -0.118. The minimum absolute atomic E-state index is 0. The van der Waals surface area contributed by atoms with Gasteiger partial charge in [0.25, 0.3) is 0 Å². The van der Waals surface area contributed by atoms with Gasteiger partial charge in [-0.3, -0.25) is 4.79 Å². The lowest BCUT2D eigenvalue weighted by atomic mass is 10.2. The van der Waals surface area contributed by atoms with Gasteiger partial charge >= 0.3 is 0 Å². The summed E-state index contributed by atoms with van der Waals surface area (Å²) in [5, 5.41) is 2.77. The number of benzene rings is 1. The van der Waals surface area contributed by atoms with Crippen molar-refractivity contribution in [2.24, 2.45) is 5.73 Å². The summed E-state index contributed by atoms with van der Waals surface area (Å²) in [7, 11) is 1.52. The van der Waals surface area contributed by atoms with Crippen LogP contribution < -0.4 is 15.8 Å². The molecule has 3 N–H and O–H groups in total. The van der Waals surface area contributed by atoms with Crippen LogP contribution in [-0.2, 0) is 9.53 Å². The molecule has 5 nitrogen and oxygen atoms in total. The van der Waals surface area contributed by atoms with Crippen LogP contribution in [0.2, 0.25) is 0 Å². The van der Waals surface area contributed by atoms with E-state index in [1.54, 1.807) is 0 Å². The molecule has 0 radical (unpaired) electrons. The zero-order valence-corrected chi connectivity index (χ0v) is 13.0. The SMILES string of the molecule is COCC(N)C(=O)Nc1cccc(OC2CCCC2)c1.Cl. The Labute approximate surface area is 131 Å². The van der Waals surface area contributed by atoms with Gasteiger partial charge in [-0.1, -0.05) is 6.07 Å². The third-order valence-electron chi connectivity index (χ3n) is 3.39. The Morgan fingerprint density at radius 1 is 1.43 bits per heavy atom. The number of anilines is 1. The van der Waals surface area contributed by atoms with E-state index < -0.39 is 6.04 Å². The number of halogens is 1. The van der Waals surface area contributed by atoms with Crippen LogP contribution in [0.1, 0.15) is 25.7 Å². The molecule has 1 fully saturated rings. The molecule has 1 aromatic rings. The highest BCUT2D eigenvalue weighted by molar-refractivity contribution is 5.94. The summed E-state index contributed by atoms with van der Waals surface area (Å²) < 4.78 is 10.8. The van der Waals surface area contributed by atoms with Crippen molar-refractivity contribution in [2.45, 2.75) is 37.8 Å². The standard InChI is InChI=1S/C15H22N2O3.ClH/c1-19-10-14(16)15(18)17-11-5-4-8-13(9-11)20-12-6-2-3-7-12;/h4-5,8-9,12,14H,2-3,6-7,10,16H2,1H3,(H,17,18);1H. The Morgan fingerprint density at radius 3 is 2.81 bits per heavy atom. The normalized spacial score (nSPS) is 16.1. The second kappa shape index (κ2) is 8.87. The van der Waals surface area contributed by atoms with Gasteiger partial charge in [0.05, 0.1) is 12.7 Å². The maximum Gasteiger partial charge on any atom is 0.243 e. The van der Waals surface area contributed by atoms with Crippen molar-refractivity contribution >= 4 is 24.0 Å². The Kier molecular flexibility index (Phi) is 7.50. The molecule has 0 spiro atoms. The number of nitrogens with one attached hydrogen (secondary N) is 1. The van der Waals surface area contributed by atoms with Crippen molar-refractivity contribution in [1.82, 2.24) is 0 Å². The highest BCUT2D eigenvalue weighted by atomic mass is 35.5. The van der Waals surface area contributed by atoms with E-state index in [2.05, 4.69) is 5.32 Å². The van der Waals surface area contributed by atoms with Gasteiger partial charge in [-0.2, -0.15) is 0 Å². The highest BCUT2D eigenvalue weighted by Gasteiger charge is 2.17. The van der Waals surface area contributed by atoms with E-state index in [0.717, 1.165) is 18.6 Å². The first-order chi connectivity index (χ1) is 9.69. The van der Waals surface area contributed by atoms with Crippen LogP contribution in [0.5, 0.6) is 5.75 Å². The Balaban J connectivity index is 0.00000220. The number of hydrogen-bond acceptors (Lipinski definition) is 4. The summed E-state index contributed by atoms with van der Waals surface area (Å²) in [6.07, 6.45) is 4.97. The zero-order chi connectivity index (χ0) is 14.4. The summed E-state index contributed by atoms with van der Waals surface area (Å²) in [6.45, 7) is 0.199. The van der Waals surface area contributed by atoms with Gasteiger partial charge in [0.15, 0.2) is 0 Å². The molecule has 1 amide bonds. The fourth-order valence-corrected chi connectivity index (χ4v) is 2.34. The quantitative estimate of drug-likeness (QED) is 0.845. The number of carbonyl (C=O) groups excluding carboxylic acids is 1. The van der Waals surface area contributed by atoms with Gasteiger partial charge in [-0.15, -0.1) is 12.4 Å². The Bertz CT molecular complexity index is 450. The fraction of sp³-hybridized carbons (Fsp3) is 0.533. The minimum atomic E-state index is -0.667. The highest BCUT2D eigenvalue weighted by Crippen LogP contribution is 2.25. The first-order valence-electron chi connectivity index (χ1n) is 7.01. The predicted molar refractivity (Wildman–Crippen MR) is 85.1 cm³/mol. The summed E-state index contributed by atoms with van der Waals surface area (Å²) in [4.78, 5) is 11.8. The van der Waals surface area contributed by atoms with E-state index in [1.807, 2.05) is 24.3 Å². The maximum atomic E-state index is 11.8. The lowest BCUT2D eigenvalue weighted by Gasteiger charge is -2.15. The van der Waals surface area contributed by atoms with E-state index in [9.17, 15) is 4.79 Å². The van der Waals surface area contributed by atoms with Crippen LogP contribution in [0.3, 0.4) is 0 Å². The monoisotopic (exact) mass is 314 g/mol. The van der Waals surface area contributed by atoms with E-state index in [-0.39, 0.29) is 24.9 Å². The van der Waals surface area contributed by atoms with Crippen molar-refractivity contribution in [3.63, 3.8) is 0 Å². The van der Waals surface area contributed by atoms with Crippen molar-refractivity contribution in [3.8, 4) is 5.75 Å². The predicted octanol–water partition coefficient (Wildman–Crippen LogP) is 2.34. The van der Waals surface area contributed by atoms with Crippen molar-refractivity contribution < 1.29 is 14.3 Å². The molecular formula is C15H23ClN2O3. The molecule has 118 valence electrons. The molecule has 1 aromatic carbocycles. The fourth-order valence-electron chi connectivity index (χ4n) is 2.34. The summed E-state index contributed by atoms with van der Waals surface area (Å²) >= 11 is 0. The number of amides is 1. The molecule has 0 aromatic heterocycles. The number of ether oxygens (including phenoxy) is 2. The molecule has 0 bridgehead atoms. The first-order valence-corrected chi connectivity index (χ1v) is 7.01. The van der Waals surface area contributed by atoms with Gasteiger partial charge in [0.2, 0.25) is 5.91 Å². The number of methoxy groups -OCH3 is 1. The van der Waals surface area contributed by atoms with E-state index in [1.165, 1.54) is 20.0 Å². The summed E-state index contributed by atoms with van der Waals surface area (Å²) in [6, 6.07) is 6.75. The molecule has 0 saturated heterocycles. The zero-order valence-electron chi connectivity index (χ0n) is 12.2. The molecule has 1 unspecified atom stereocenters. The van der Waals surface area contributed by atoms with Gasteiger partial charge in [0.1, 0.15) is 11.8 Å². The van der Waals surface area contributed by atoms with Crippen LogP contribution in [0, 0.1) is 0 Å². The number of nitrogens with two attached hydrogens (primary N) is 1. The largest absolute Gasteiger partial charge is 0.490 e. The molecule has 1 aliphatic carbocycles. The molecule has 2 rings (SSSR count). The van der Waals surface area contributed by atoms with Crippen LogP contribution >= 0.6 is 12.4 Å². The second-order valence-corrected chi connectivity index (χ2v) is 5.10. The van der Waals surface area contributed by atoms with E-state index in [0.29, 0.717) is 11.8 Å². The number of hydrogen-bond donors (Lipinski definition) is 2. The molecule has 1 aliphatic rings. The number of carbonyl (C=O) groups is 1. The lowest BCUT2D eigenvalue weighted by Crippen LogP contribution is -2.39. The Morgan fingerprint density at radius 2 is 2.14 bits per heavy atom. The van der Waals surface area contributed by atoms with Gasteiger partial charge in [0, 0.05) is 18.9 Å². The van der Waals surface area contributed by atoms with Crippen LogP contribution in [0.25, 0.3) is 0 Å². The molecule has 1 atom stereocenters. The third kappa shape index (κ3) is 5.53. The molecule has 6 heteroatoms. The summed E-state index contributed by atoms with van der Waals surface area (Å²) in [5.41, 5.74) is 6.37. The van der Waals surface area contributed by atoms with Crippen molar-refractivity contribution in [3.05, 3.63) is 24.3 Å². The molecular weight excluding hydrogens is 292 g/mol. The van der Waals surface area contributed by atoms with Crippen molar-refractivity contribution in [1.29, 1.82) is 0 Å². The summed E-state index contributed by atoms with van der Waals surface area (Å²) in [5.74, 6) is 0.528. The van der Waals surface area contributed by atoms with Gasteiger partial charge in [-0.05, 0) is 37.8 Å². The molecule has 0 heterocycles. The van der Waals surface area contributed by atoms with E-state index >= 15 is 0 Å². The average Bonchev–Trinajstić information content (AvgIpc) is 2.92. The second-order valence-electron chi connectivity index (χ2n) is 5.10. The van der Waals surface area contributed by atoms with Gasteiger partial charge < -0.3 is 20.5 Å².